The molecule has 4 aliphatic rings. The van der Waals surface area contributed by atoms with Gasteiger partial charge in [-0.1, -0.05) is 18.9 Å². The molecule has 1 aromatic carbocycles. The van der Waals surface area contributed by atoms with Gasteiger partial charge in [0.15, 0.2) is 0 Å². The van der Waals surface area contributed by atoms with Crippen LogP contribution in [-0.4, -0.2) is 130 Å². The van der Waals surface area contributed by atoms with Crippen molar-refractivity contribution in [3.63, 3.8) is 0 Å². The van der Waals surface area contributed by atoms with Crippen LogP contribution in [0.3, 0.4) is 0 Å². The third-order valence-electron chi connectivity index (χ3n) is 12.6. The zero-order valence-corrected chi connectivity index (χ0v) is 36.1. The molecule has 0 bridgehead atoms. The maximum Gasteiger partial charge on any atom is 0.264 e. The molecule has 63 heavy (non-hydrogen) atoms. The fraction of sp³-hybridized carbons (Fsp3) is 0.511. The summed E-state index contributed by atoms with van der Waals surface area (Å²) in [6.45, 7) is 8.34. The number of rotatable bonds is 16. The van der Waals surface area contributed by atoms with Crippen LogP contribution in [-0.2, 0) is 14.3 Å². The predicted molar refractivity (Wildman–Crippen MR) is 235 cm³/mol. The van der Waals surface area contributed by atoms with Gasteiger partial charge in [-0.15, -0.1) is 0 Å². The highest BCUT2D eigenvalue weighted by atomic mass is 19.1. The molecule has 4 aromatic rings. The summed E-state index contributed by atoms with van der Waals surface area (Å²) < 4.78 is 21.9. The van der Waals surface area contributed by atoms with E-state index >= 15 is 0 Å². The van der Waals surface area contributed by atoms with Gasteiger partial charge in [-0.25, -0.2) is 14.4 Å². The van der Waals surface area contributed by atoms with Crippen LogP contribution in [0.1, 0.15) is 109 Å². The van der Waals surface area contributed by atoms with E-state index in [-0.39, 0.29) is 48.5 Å². The molecule has 0 spiro atoms. The van der Waals surface area contributed by atoms with Crippen molar-refractivity contribution in [3.8, 4) is 0 Å². The van der Waals surface area contributed by atoms with Crippen LogP contribution >= 0.6 is 0 Å². The largest absolute Gasteiger partial charge is 0.384 e. The number of amides is 5. The minimum Gasteiger partial charge on any atom is -0.384 e. The number of nitrogens with one attached hydrogen (secondary N) is 4. The standard InChI is InChI=1S/C45H56FN11O6/c1-27(2)56-25-31(30-24-49-38(23-35(30)56)51-37-13-18-48-45(52-37)55-22-16-36(63-3)32(46)26-55)41(59)50-28-14-20-54(21-15-28)19-7-5-4-6-17-47-33-10-8-9-29-40(33)44(62)57(43(29)61)34-11-12-39(58)53-42(34)60/h8-10,13,18,23-25,27-28,32,34,36,47H,4-7,11-12,14-17,19-22,26H2,1-3H3,(H,50,59)(H,53,58,60)(H,48,49,51,52)/t32-,34?,36?/m1/s1. The molecule has 2 unspecified atom stereocenters. The number of aromatic nitrogens is 4. The molecule has 4 aliphatic heterocycles. The van der Waals surface area contributed by atoms with Gasteiger partial charge in [0, 0.05) is 87.5 Å². The van der Waals surface area contributed by atoms with Crippen LogP contribution in [0, 0.1) is 0 Å². The first kappa shape index (κ1) is 43.6. The third kappa shape index (κ3) is 9.51. The first-order valence-electron chi connectivity index (χ1n) is 22.1. The second-order valence-electron chi connectivity index (χ2n) is 17.1. The molecular formula is C45H56FN11O6. The Morgan fingerprint density at radius 1 is 0.968 bits per heavy atom. The number of pyridine rings is 1. The number of imide groups is 2. The molecular weight excluding hydrogens is 810 g/mol. The fourth-order valence-electron chi connectivity index (χ4n) is 9.12. The van der Waals surface area contributed by atoms with Crippen molar-refractivity contribution in [3.05, 3.63) is 65.6 Å². The van der Waals surface area contributed by atoms with Crippen LogP contribution in [0.5, 0.6) is 0 Å². The van der Waals surface area contributed by atoms with Gasteiger partial charge in [-0.2, -0.15) is 4.98 Å². The quantitative estimate of drug-likeness (QED) is 0.0871. The molecule has 18 heteroatoms. The summed E-state index contributed by atoms with van der Waals surface area (Å²) in [5, 5.41) is 12.9. The second kappa shape index (κ2) is 19.2. The molecule has 3 atom stereocenters. The molecule has 4 N–H and O–H groups in total. The average molecular weight is 866 g/mol. The molecule has 17 nitrogen and oxygen atoms in total. The Morgan fingerprint density at radius 3 is 2.54 bits per heavy atom. The average Bonchev–Trinajstić information content (AvgIpc) is 3.78. The molecule has 3 aromatic heterocycles. The highest BCUT2D eigenvalue weighted by molar-refractivity contribution is 6.25. The third-order valence-corrected chi connectivity index (χ3v) is 12.6. The highest BCUT2D eigenvalue weighted by Crippen LogP contribution is 2.33. The Balaban J connectivity index is 0.770. The van der Waals surface area contributed by atoms with E-state index in [9.17, 15) is 28.4 Å². The van der Waals surface area contributed by atoms with E-state index in [1.54, 1.807) is 36.7 Å². The number of alkyl halides is 1. The summed E-state index contributed by atoms with van der Waals surface area (Å²) in [4.78, 5) is 83.2. The molecule has 7 heterocycles. The van der Waals surface area contributed by atoms with E-state index in [1.807, 2.05) is 17.2 Å². The van der Waals surface area contributed by atoms with Gasteiger partial charge in [-0.3, -0.25) is 34.2 Å². The number of hydrogen-bond acceptors (Lipinski definition) is 13. The van der Waals surface area contributed by atoms with Crippen molar-refractivity contribution in [1.29, 1.82) is 0 Å². The normalized spacial score (nSPS) is 21.0. The topological polar surface area (TPSA) is 196 Å². The van der Waals surface area contributed by atoms with Gasteiger partial charge in [0.25, 0.3) is 17.7 Å². The van der Waals surface area contributed by atoms with Gasteiger partial charge in [-0.05, 0) is 77.1 Å². The number of carbonyl (C=O) groups is 5. The number of hydrogen-bond donors (Lipinski definition) is 4. The zero-order chi connectivity index (χ0) is 44.2. The fourth-order valence-corrected chi connectivity index (χ4v) is 9.12. The highest BCUT2D eigenvalue weighted by Gasteiger charge is 2.45. The number of anilines is 4. The number of ether oxygens (including phenoxy) is 1. The summed E-state index contributed by atoms with van der Waals surface area (Å²) >= 11 is 0. The molecule has 0 saturated carbocycles. The van der Waals surface area contributed by atoms with Crippen molar-refractivity contribution in [2.75, 3.05) is 61.9 Å². The van der Waals surface area contributed by atoms with E-state index in [2.05, 4.69) is 59.5 Å². The lowest BCUT2D eigenvalue weighted by Crippen LogP contribution is -2.54. The van der Waals surface area contributed by atoms with Gasteiger partial charge >= 0.3 is 0 Å². The van der Waals surface area contributed by atoms with Gasteiger partial charge in [0.1, 0.15) is 23.8 Å². The summed E-state index contributed by atoms with van der Waals surface area (Å²) in [7, 11) is 1.53. The molecule has 334 valence electrons. The van der Waals surface area contributed by atoms with Gasteiger partial charge in [0.2, 0.25) is 17.8 Å². The summed E-state index contributed by atoms with van der Waals surface area (Å²) in [6.07, 6.45) is 10.2. The number of benzene rings is 1. The maximum atomic E-state index is 14.6. The smallest absolute Gasteiger partial charge is 0.264 e. The minimum atomic E-state index is -1.12. The number of likely N-dealkylation sites (tertiary alicyclic amines) is 1. The first-order valence-corrected chi connectivity index (χ1v) is 22.1. The molecule has 3 saturated heterocycles. The Bertz CT molecular complexity index is 2360. The predicted octanol–water partition coefficient (Wildman–Crippen LogP) is 4.98. The minimum absolute atomic E-state index is 0.0730. The lowest BCUT2D eigenvalue weighted by Gasteiger charge is -2.33. The van der Waals surface area contributed by atoms with Crippen LogP contribution in [0.2, 0.25) is 0 Å². The Morgan fingerprint density at radius 2 is 1.78 bits per heavy atom. The first-order chi connectivity index (χ1) is 30.5. The summed E-state index contributed by atoms with van der Waals surface area (Å²) in [6, 6.07) is 7.94. The van der Waals surface area contributed by atoms with Crippen molar-refractivity contribution < 1.29 is 33.1 Å². The second-order valence-corrected chi connectivity index (χ2v) is 17.1. The lowest BCUT2D eigenvalue weighted by molar-refractivity contribution is -0.136. The molecule has 3 fully saturated rings. The van der Waals surface area contributed by atoms with Gasteiger partial charge < -0.3 is 35.1 Å². The number of methoxy groups -OCH3 is 1. The van der Waals surface area contributed by atoms with Crippen LogP contribution in [0.4, 0.5) is 27.7 Å². The number of piperidine rings is 3. The lowest BCUT2D eigenvalue weighted by atomic mass is 10.0. The van der Waals surface area contributed by atoms with Crippen molar-refractivity contribution in [2.45, 2.75) is 102 Å². The summed E-state index contributed by atoms with van der Waals surface area (Å²) in [5.41, 5.74) is 2.58. The summed E-state index contributed by atoms with van der Waals surface area (Å²) in [5.74, 6) is -0.623. The number of carbonyl (C=O) groups excluding carboxylic acids is 5. The Kier molecular flexibility index (Phi) is 13.3. The number of halogens is 1. The maximum absolute atomic E-state index is 14.6. The number of unbranched alkanes of at least 4 members (excludes halogenated alkanes) is 3. The van der Waals surface area contributed by atoms with Gasteiger partial charge in [0.05, 0.1) is 34.9 Å². The van der Waals surface area contributed by atoms with E-state index in [0.29, 0.717) is 48.3 Å². The Labute approximate surface area is 365 Å². The van der Waals surface area contributed by atoms with E-state index in [0.717, 1.165) is 74.0 Å². The van der Waals surface area contributed by atoms with Crippen LogP contribution in [0.15, 0.2) is 48.9 Å². The number of nitrogens with zero attached hydrogens (tertiary/aromatic N) is 7. The molecule has 8 rings (SSSR count). The Hall–Kier alpha value is -6.01. The van der Waals surface area contributed by atoms with Crippen molar-refractivity contribution >= 4 is 63.7 Å². The molecule has 5 amide bonds. The zero-order valence-electron chi connectivity index (χ0n) is 36.1. The monoisotopic (exact) mass is 865 g/mol. The molecule has 0 aliphatic carbocycles. The van der Waals surface area contributed by atoms with Crippen LogP contribution < -0.4 is 26.2 Å². The molecule has 0 radical (unpaired) electrons. The SMILES string of the molecule is COC1CCN(c2nccc(Nc3cc4c(cn3)c(C(=O)NC3CCN(CCCCCCNc5cccc6c5C(=O)N(C5CCC(=O)NC5=O)C6=O)CC3)cn4C(C)C)n2)C[C@H]1F. The van der Waals surface area contributed by atoms with Crippen molar-refractivity contribution in [1.82, 2.24) is 40.0 Å². The van der Waals surface area contributed by atoms with Crippen molar-refractivity contribution in [2.24, 2.45) is 0 Å². The number of fused-ring (bicyclic) bond motifs is 2. The van der Waals surface area contributed by atoms with E-state index in [1.165, 1.54) is 7.11 Å². The van der Waals surface area contributed by atoms with E-state index in [4.69, 9.17) is 4.74 Å². The van der Waals surface area contributed by atoms with E-state index < -0.39 is 41.9 Å². The van der Waals surface area contributed by atoms with Crippen LogP contribution in [0.25, 0.3) is 10.9 Å².